The summed E-state index contributed by atoms with van der Waals surface area (Å²) in [5, 5.41) is 2.83. The number of piperidine rings is 1. The van der Waals surface area contributed by atoms with Crippen molar-refractivity contribution in [3.05, 3.63) is 0 Å². The largest absolute Gasteiger partial charge is 0.316 e. The van der Waals surface area contributed by atoms with Gasteiger partial charge >= 0.3 is 0 Å². The van der Waals surface area contributed by atoms with E-state index in [-0.39, 0.29) is 6.17 Å². The van der Waals surface area contributed by atoms with Crippen LogP contribution in [0, 0.1) is 0 Å². The molecule has 1 fully saturated rings. The maximum atomic E-state index is 12.2. The molecule has 0 aliphatic carbocycles. The first-order valence-corrected chi connectivity index (χ1v) is 2.92. The minimum absolute atomic E-state index is 0.0296. The minimum atomic E-state index is -0.671. The van der Waals surface area contributed by atoms with Gasteiger partial charge < -0.3 is 5.73 Å². The molecule has 1 unspecified atom stereocenters. The van der Waals surface area contributed by atoms with Crippen LogP contribution in [0.3, 0.4) is 0 Å². The van der Waals surface area contributed by atoms with Gasteiger partial charge in [0.2, 0.25) is 0 Å². The van der Waals surface area contributed by atoms with Gasteiger partial charge in [-0.05, 0) is 12.8 Å². The Morgan fingerprint density at radius 2 is 2.25 bits per heavy atom. The molecule has 2 atom stereocenters. The maximum absolute atomic E-state index is 12.2. The summed E-state index contributed by atoms with van der Waals surface area (Å²) in [5.74, 6) is 0. The predicted molar refractivity (Wildman–Crippen MR) is 30.1 cm³/mol. The molecular weight excluding hydrogens is 107 g/mol. The topological polar surface area (TPSA) is 38.0 Å². The Morgan fingerprint density at radius 3 is 2.62 bits per heavy atom. The van der Waals surface area contributed by atoms with E-state index >= 15 is 0 Å². The van der Waals surface area contributed by atoms with Gasteiger partial charge in [-0.15, -0.1) is 0 Å². The Hall–Kier alpha value is -0.150. The van der Waals surface area contributed by atoms with Crippen molar-refractivity contribution in [2.75, 3.05) is 6.54 Å². The van der Waals surface area contributed by atoms with Crippen molar-refractivity contribution in [3.8, 4) is 0 Å². The van der Waals surface area contributed by atoms with Gasteiger partial charge in [-0.2, -0.15) is 0 Å². The van der Waals surface area contributed by atoms with E-state index in [1.165, 1.54) is 0 Å². The molecule has 1 saturated heterocycles. The summed E-state index contributed by atoms with van der Waals surface area (Å²) in [5.41, 5.74) is 5.42. The molecule has 0 radical (unpaired) electrons. The maximum Gasteiger partial charge on any atom is 0.113 e. The predicted octanol–water partition coefficient (Wildman–Crippen LogP) is -0.00730. The number of alkyl halides is 1. The molecular formula is C5H11FN2. The molecule has 0 saturated carbocycles. The van der Waals surface area contributed by atoms with Crippen molar-refractivity contribution in [3.63, 3.8) is 0 Å². The second kappa shape index (κ2) is 2.42. The lowest BCUT2D eigenvalue weighted by atomic mass is 10.1. The zero-order valence-corrected chi connectivity index (χ0v) is 4.73. The number of rotatable bonds is 0. The summed E-state index contributed by atoms with van der Waals surface area (Å²) in [6.07, 6.45) is 0.742. The molecule has 1 rings (SSSR count). The number of halogens is 1. The summed E-state index contributed by atoms with van der Waals surface area (Å²) < 4.78 is 12.2. The molecule has 2 nitrogen and oxygen atoms in total. The van der Waals surface area contributed by atoms with Crippen molar-refractivity contribution < 1.29 is 4.39 Å². The van der Waals surface area contributed by atoms with E-state index < -0.39 is 6.17 Å². The van der Waals surface area contributed by atoms with Crippen LogP contribution in [-0.2, 0) is 0 Å². The van der Waals surface area contributed by atoms with Gasteiger partial charge in [0.1, 0.15) is 6.17 Å². The second-order valence-corrected chi connectivity index (χ2v) is 2.19. The molecule has 0 aromatic heterocycles. The highest BCUT2D eigenvalue weighted by molar-refractivity contribution is 4.72. The fourth-order valence-corrected chi connectivity index (χ4v) is 0.844. The zero-order valence-electron chi connectivity index (χ0n) is 4.73. The van der Waals surface area contributed by atoms with Crippen molar-refractivity contribution in [1.82, 2.24) is 5.32 Å². The Kier molecular flexibility index (Phi) is 1.81. The van der Waals surface area contributed by atoms with Gasteiger partial charge in [0.15, 0.2) is 0 Å². The first kappa shape index (κ1) is 5.98. The van der Waals surface area contributed by atoms with Crippen LogP contribution in [0.2, 0.25) is 0 Å². The summed E-state index contributed by atoms with van der Waals surface area (Å²) in [4.78, 5) is 0. The molecule has 1 aliphatic rings. The molecule has 3 heteroatoms. The van der Waals surface area contributed by atoms with Crippen molar-refractivity contribution in [2.45, 2.75) is 25.2 Å². The van der Waals surface area contributed by atoms with E-state index in [4.69, 9.17) is 5.73 Å². The quantitative estimate of drug-likeness (QED) is 0.469. The molecule has 1 heterocycles. The molecule has 3 N–H and O–H groups in total. The average molecular weight is 118 g/mol. The third kappa shape index (κ3) is 1.42. The van der Waals surface area contributed by atoms with Crippen LogP contribution in [0.25, 0.3) is 0 Å². The monoisotopic (exact) mass is 118 g/mol. The van der Waals surface area contributed by atoms with E-state index in [1.54, 1.807) is 0 Å². The fourth-order valence-electron chi connectivity index (χ4n) is 0.844. The summed E-state index contributed by atoms with van der Waals surface area (Å²) in [6, 6.07) is 0. The number of nitrogens with two attached hydrogens (primary N) is 1. The molecule has 0 spiro atoms. The summed E-state index contributed by atoms with van der Waals surface area (Å²) in [6.45, 7) is 0.432. The van der Waals surface area contributed by atoms with Crippen LogP contribution >= 0.6 is 0 Å². The fraction of sp³-hybridized carbons (Fsp3) is 1.00. The van der Waals surface area contributed by atoms with E-state index in [9.17, 15) is 4.39 Å². The highest BCUT2D eigenvalue weighted by Gasteiger charge is 2.15. The SMILES string of the molecule is N[C@H]1CCC(F)CN1. The van der Waals surface area contributed by atoms with Crippen molar-refractivity contribution in [1.29, 1.82) is 0 Å². The van der Waals surface area contributed by atoms with Crippen LogP contribution in [0.15, 0.2) is 0 Å². The van der Waals surface area contributed by atoms with E-state index in [0.717, 1.165) is 6.42 Å². The Labute approximate surface area is 48.2 Å². The Balaban J connectivity index is 2.19. The standard InChI is InChI=1S/C5H11FN2/c6-4-1-2-5(7)8-3-4/h4-5,8H,1-3,7H2/t4?,5-/m1/s1. The first-order valence-electron chi connectivity index (χ1n) is 2.92. The zero-order chi connectivity index (χ0) is 5.98. The van der Waals surface area contributed by atoms with Crippen LogP contribution in [0.1, 0.15) is 12.8 Å². The molecule has 8 heavy (non-hydrogen) atoms. The molecule has 0 bridgehead atoms. The average Bonchev–Trinajstić information content (AvgIpc) is 1.77. The first-order chi connectivity index (χ1) is 3.79. The molecule has 1 aliphatic heterocycles. The number of hydrogen-bond donors (Lipinski definition) is 2. The van der Waals surface area contributed by atoms with Crippen molar-refractivity contribution >= 4 is 0 Å². The van der Waals surface area contributed by atoms with Crippen LogP contribution in [0.4, 0.5) is 4.39 Å². The third-order valence-electron chi connectivity index (χ3n) is 1.39. The second-order valence-electron chi connectivity index (χ2n) is 2.19. The number of hydrogen-bond acceptors (Lipinski definition) is 2. The van der Waals surface area contributed by atoms with Crippen molar-refractivity contribution in [2.24, 2.45) is 5.73 Å². The van der Waals surface area contributed by atoms with Crippen LogP contribution < -0.4 is 11.1 Å². The van der Waals surface area contributed by atoms with Gasteiger partial charge in [0, 0.05) is 6.54 Å². The molecule has 0 aromatic rings. The third-order valence-corrected chi connectivity index (χ3v) is 1.39. The minimum Gasteiger partial charge on any atom is -0.316 e. The highest BCUT2D eigenvalue weighted by atomic mass is 19.1. The van der Waals surface area contributed by atoms with Gasteiger partial charge in [0.05, 0.1) is 6.17 Å². The highest BCUT2D eigenvalue weighted by Crippen LogP contribution is 2.06. The van der Waals surface area contributed by atoms with Gasteiger partial charge in [0.25, 0.3) is 0 Å². The summed E-state index contributed by atoms with van der Waals surface area (Å²) in [7, 11) is 0. The lowest BCUT2D eigenvalue weighted by Gasteiger charge is -2.21. The molecule has 48 valence electrons. The number of nitrogens with one attached hydrogen (secondary N) is 1. The molecule has 0 amide bonds. The Bertz CT molecular complexity index is 58.8. The van der Waals surface area contributed by atoms with Gasteiger partial charge in [-0.3, -0.25) is 5.32 Å². The van der Waals surface area contributed by atoms with Gasteiger partial charge in [-0.1, -0.05) is 0 Å². The Morgan fingerprint density at radius 1 is 1.50 bits per heavy atom. The van der Waals surface area contributed by atoms with E-state index in [2.05, 4.69) is 5.32 Å². The van der Waals surface area contributed by atoms with E-state index in [1.807, 2.05) is 0 Å². The normalized spacial score (nSPS) is 39.8. The summed E-state index contributed by atoms with van der Waals surface area (Å²) >= 11 is 0. The smallest absolute Gasteiger partial charge is 0.113 e. The van der Waals surface area contributed by atoms with Gasteiger partial charge in [-0.25, -0.2) is 4.39 Å². The van der Waals surface area contributed by atoms with Crippen LogP contribution in [0.5, 0.6) is 0 Å². The lowest BCUT2D eigenvalue weighted by Crippen LogP contribution is -2.45. The molecule has 0 aromatic carbocycles. The van der Waals surface area contributed by atoms with Crippen LogP contribution in [-0.4, -0.2) is 18.9 Å². The lowest BCUT2D eigenvalue weighted by molar-refractivity contribution is 0.235. The van der Waals surface area contributed by atoms with E-state index in [0.29, 0.717) is 13.0 Å².